The molecule has 4 amide bonds. The van der Waals surface area contributed by atoms with Crippen LogP contribution in [0.25, 0.3) is 0 Å². The number of anilines is 1. The highest BCUT2D eigenvalue weighted by atomic mass is 19.1. The fourth-order valence-electron chi connectivity index (χ4n) is 4.96. The topological polar surface area (TPSA) is 123 Å². The highest BCUT2D eigenvalue weighted by molar-refractivity contribution is 5.97. The van der Waals surface area contributed by atoms with Crippen molar-refractivity contribution in [3.8, 4) is 0 Å². The number of hydrogen-bond acceptors (Lipinski definition) is 6. The molecule has 0 radical (unpaired) electrons. The number of amides is 4. The van der Waals surface area contributed by atoms with Crippen molar-refractivity contribution >= 4 is 29.3 Å². The van der Waals surface area contributed by atoms with Crippen molar-refractivity contribution < 1.29 is 23.6 Å². The molecule has 0 aromatic heterocycles. The molecule has 2 heterocycles. The molecule has 2 aliphatic heterocycles. The van der Waals surface area contributed by atoms with E-state index in [9.17, 15) is 19.2 Å². The van der Waals surface area contributed by atoms with Gasteiger partial charge in [-0.25, -0.2) is 4.39 Å². The van der Waals surface area contributed by atoms with Crippen molar-refractivity contribution in [1.82, 2.24) is 25.8 Å². The molecule has 0 unspecified atom stereocenters. The lowest BCUT2D eigenvalue weighted by atomic mass is 9.91. The van der Waals surface area contributed by atoms with E-state index in [0.717, 1.165) is 39.0 Å². The van der Waals surface area contributed by atoms with Crippen LogP contribution in [0, 0.1) is 11.7 Å². The first-order chi connectivity index (χ1) is 18.6. The van der Waals surface area contributed by atoms with Gasteiger partial charge in [-0.1, -0.05) is 19.9 Å². The molecule has 39 heavy (non-hydrogen) atoms. The molecular formula is C28H43FN6O4. The molecule has 3 rings (SSSR count). The Morgan fingerprint density at radius 3 is 2.31 bits per heavy atom. The van der Waals surface area contributed by atoms with E-state index >= 15 is 4.39 Å². The van der Waals surface area contributed by atoms with Gasteiger partial charge in [0.1, 0.15) is 17.9 Å². The number of piperazine rings is 1. The number of benzene rings is 1. The highest BCUT2D eigenvalue weighted by Gasteiger charge is 2.33. The summed E-state index contributed by atoms with van der Waals surface area (Å²) in [7, 11) is 1.99. The number of halogens is 1. The van der Waals surface area contributed by atoms with Gasteiger partial charge in [0.15, 0.2) is 0 Å². The van der Waals surface area contributed by atoms with Gasteiger partial charge >= 0.3 is 0 Å². The second-order valence-corrected chi connectivity index (χ2v) is 10.7. The number of hydrogen-bond donors (Lipinski definition) is 4. The summed E-state index contributed by atoms with van der Waals surface area (Å²) in [5.41, 5.74) is 0.507. The molecule has 0 bridgehead atoms. The van der Waals surface area contributed by atoms with Gasteiger partial charge in [-0.05, 0) is 63.5 Å². The predicted octanol–water partition coefficient (Wildman–Crippen LogP) is 1.43. The first kappa shape index (κ1) is 30.5. The molecule has 2 saturated heterocycles. The lowest BCUT2D eigenvalue weighted by molar-refractivity contribution is -0.138. The van der Waals surface area contributed by atoms with Crippen molar-refractivity contribution in [1.29, 1.82) is 0 Å². The molecule has 1 aromatic rings. The van der Waals surface area contributed by atoms with Gasteiger partial charge in [0, 0.05) is 44.9 Å². The minimum absolute atomic E-state index is 0.0186. The average Bonchev–Trinajstić information content (AvgIpc) is 2.92. The third kappa shape index (κ3) is 8.72. The van der Waals surface area contributed by atoms with Crippen molar-refractivity contribution in [2.24, 2.45) is 5.92 Å². The third-order valence-corrected chi connectivity index (χ3v) is 7.70. The van der Waals surface area contributed by atoms with Gasteiger partial charge in [0.05, 0.1) is 5.69 Å². The van der Waals surface area contributed by atoms with Crippen LogP contribution < -0.4 is 21.3 Å². The Morgan fingerprint density at radius 1 is 1.03 bits per heavy atom. The number of piperidine rings is 1. The fraction of sp³-hybridized carbons (Fsp3) is 0.643. The summed E-state index contributed by atoms with van der Waals surface area (Å²) in [5.74, 6) is -2.03. The van der Waals surface area contributed by atoms with Gasteiger partial charge in [0.25, 0.3) is 0 Å². The molecule has 0 spiro atoms. The Morgan fingerprint density at radius 2 is 1.69 bits per heavy atom. The minimum atomic E-state index is -0.837. The number of rotatable bonds is 10. The molecule has 4 N–H and O–H groups in total. The maximum absolute atomic E-state index is 15.1. The van der Waals surface area contributed by atoms with E-state index in [0.29, 0.717) is 31.0 Å². The summed E-state index contributed by atoms with van der Waals surface area (Å²) in [6, 6.07) is 2.71. The monoisotopic (exact) mass is 546 g/mol. The number of likely N-dealkylation sites (N-methyl/N-ethyl adjacent to an activating group) is 1. The quantitative estimate of drug-likeness (QED) is 0.352. The van der Waals surface area contributed by atoms with Crippen molar-refractivity contribution in [2.45, 2.75) is 64.5 Å². The van der Waals surface area contributed by atoms with Crippen LogP contribution in [0.2, 0.25) is 0 Å². The first-order valence-corrected chi connectivity index (χ1v) is 14.0. The summed E-state index contributed by atoms with van der Waals surface area (Å²) in [6.45, 7) is 9.44. The van der Waals surface area contributed by atoms with E-state index in [4.69, 9.17) is 0 Å². The van der Waals surface area contributed by atoms with Gasteiger partial charge in [-0.2, -0.15) is 0 Å². The van der Waals surface area contributed by atoms with Crippen LogP contribution in [-0.4, -0.2) is 91.8 Å². The summed E-state index contributed by atoms with van der Waals surface area (Å²) in [4.78, 5) is 54.5. The van der Waals surface area contributed by atoms with Crippen LogP contribution >= 0.6 is 0 Å². The molecule has 0 aliphatic carbocycles. The molecule has 2 aliphatic rings. The second-order valence-electron chi connectivity index (χ2n) is 10.7. The third-order valence-electron chi connectivity index (χ3n) is 7.70. The SMILES string of the molecule is CCC(=O)N[C@@H](C(=O)N1CCN(C)CC1)[C@@H](C)c1ccc(NC(=O)[C@H](C)NC(=O)CC2CCNCC2)c(F)c1. The molecule has 0 saturated carbocycles. The first-order valence-electron chi connectivity index (χ1n) is 14.0. The average molecular weight is 547 g/mol. The number of carbonyl (C=O) groups is 4. The van der Waals surface area contributed by atoms with Crippen LogP contribution in [0.1, 0.15) is 57.9 Å². The largest absolute Gasteiger partial charge is 0.345 e. The van der Waals surface area contributed by atoms with Crippen LogP contribution in [0.4, 0.5) is 10.1 Å². The van der Waals surface area contributed by atoms with Crippen LogP contribution in [0.3, 0.4) is 0 Å². The number of nitrogens with one attached hydrogen (secondary N) is 4. The number of nitrogens with zero attached hydrogens (tertiary/aromatic N) is 2. The van der Waals surface area contributed by atoms with Gasteiger partial charge in [-0.15, -0.1) is 0 Å². The molecule has 3 atom stereocenters. The Labute approximate surface area is 230 Å². The number of carbonyl (C=O) groups excluding carboxylic acids is 4. The molecular weight excluding hydrogens is 503 g/mol. The molecule has 2 fully saturated rings. The fourth-order valence-corrected chi connectivity index (χ4v) is 4.96. The van der Waals surface area contributed by atoms with Crippen LogP contribution in [0.5, 0.6) is 0 Å². The standard InChI is InChI=1S/C28H43FN6O4/c1-5-24(36)33-26(28(39)35-14-12-34(4)13-15-35)18(2)21-6-7-23(22(29)17-21)32-27(38)19(3)31-25(37)16-20-8-10-30-11-9-20/h6-7,17-20,26,30H,5,8-16H2,1-4H3,(H,31,37)(H,32,38)(H,33,36)/t18-,19-,26+/m0/s1. The van der Waals surface area contributed by atoms with Crippen molar-refractivity contribution in [3.63, 3.8) is 0 Å². The summed E-state index contributed by atoms with van der Waals surface area (Å²) in [5, 5.41) is 11.3. The Kier molecular flexibility index (Phi) is 11.2. The van der Waals surface area contributed by atoms with E-state index in [-0.39, 0.29) is 29.8 Å². The van der Waals surface area contributed by atoms with E-state index in [2.05, 4.69) is 26.2 Å². The summed E-state index contributed by atoms with van der Waals surface area (Å²) >= 11 is 0. The van der Waals surface area contributed by atoms with E-state index in [1.165, 1.54) is 12.1 Å². The van der Waals surface area contributed by atoms with Crippen LogP contribution in [0.15, 0.2) is 18.2 Å². The van der Waals surface area contributed by atoms with Crippen molar-refractivity contribution in [3.05, 3.63) is 29.6 Å². The Balaban J connectivity index is 1.63. The maximum Gasteiger partial charge on any atom is 0.246 e. The predicted molar refractivity (Wildman–Crippen MR) is 148 cm³/mol. The van der Waals surface area contributed by atoms with E-state index < -0.39 is 29.7 Å². The summed E-state index contributed by atoms with van der Waals surface area (Å²) < 4.78 is 15.1. The molecule has 1 aromatic carbocycles. The van der Waals surface area contributed by atoms with E-state index in [1.807, 2.05) is 7.05 Å². The Bertz CT molecular complexity index is 1020. The lowest BCUT2D eigenvalue weighted by Crippen LogP contribution is -2.55. The zero-order chi connectivity index (χ0) is 28.5. The van der Waals surface area contributed by atoms with Crippen LogP contribution in [-0.2, 0) is 19.2 Å². The highest BCUT2D eigenvalue weighted by Crippen LogP contribution is 2.26. The molecule has 10 nitrogen and oxygen atoms in total. The smallest absolute Gasteiger partial charge is 0.246 e. The second kappa shape index (κ2) is 14.4. The van der Waals surface area contributed by atoms with Gasteiger partial charge < -0.3 is 31.1 Å². The van der Waals surface area contributed by atoms with Gasteiger partial charge in [0.2, 0.25) is 23.6 Å². The Hall–Kier alpha value is -3.05. The summed E-state index contributed by atoms with van der Waals surface area (Å²) in [6.07, 6.45) is 2.44. The molecule has 216 valence electrons. The van der Waals surface area contributed by atoms with E-state index in [1.54, 1.807) is 31.7 Å². The zero-order valence-electron chi connectivity index (χ0n) is 23.5. The minimum Gasteiger partial charge on any atom is -0.345 e. The maximum atomic E-state index is 15.1. The van der Waals surface area contributed by atoms with Crippen molar-refractivity contribution in [2.75, 3.05) is 51.6 Å². The lowest BCUT2D eigenvalue weighted by Gasteiger charge is -2.36. The molecule has 11 heteroatoms. The van der Waals surface area contributed by atoms with Gasteiger partial charge in [-0.3, -0.25) is 19.2 Å². The zero-order valence-corrected chi connectivity index (χ0v) is 23.5. The normalized spacial score (nSPS) is 19.1.